The standard InChI is InChI=1S/C26H30N2O5/c1-4-27(5-2)11-12-28-23(17-7-6-8-20(29)15-17)22(25(31)26(28)32)24(30)18-9-10-21-19(14-18)13-16(3)33-21/h6-10,14-16,23,29-30H,4-5,11-13H2,1-3H3/b24-22-. The lowest BCUT2D eigenvalue weighted by Gasteiger charge is -2.28. The Morgan fingerprint density at radius 1 is 1.15 bits per heavy atom. The molecule has 0 aromatic heterocycles. The number of aliphatic hydroxyl groups is 1. The van der Waals surface area contributed by atoms with Gasteiger partial charge in [0.15, 0.2) is 0 Å². The fourth-order valence-corrected chi connectivity index (χ4v) is 4.67. The number of hydrogen-bond donors (Lipinski definition) is 2. The molecule has 7 nitrogen and oxygen atoms in total. The highest BCUT2D eigenvalue weighted by molar-refractivity contribution is 6.46. The van der Waals surface area contributed by atoms with E-state index in [-0.39, 0.29) is 23.2 Å². The molecule has 2 aliphatic heterocycles. The van der Waals surface area contributed by atoms with Gasteiger partial charge >= 0.3 is 0 Å². The molecule has 2 aliphatic rings. The van der Waals surface area contributed by atoms with Gasteiger partial charge in [0.05, 0.1) is 11.6 Å². The summed E-state index contributed by atoms with van der Waals surface area (Å²) in [7, 11) is 0. The lowest BCUT2D eigenvalue weighted by Crippen LogP contribution is -2.38. The number of phenolic OH excluding ortho intramolecular Hbond substituents is 1. The van der Waals surface area contributed by atoms with Crippen LogP contribution in [0.25, 0.3) is 5.76 Å². The molecule has 2 aromatic rings. The number of rotatable bonds is 7. The van der Waals surface area contributed by atoms with Crippen LogP contribution in [0.4, 0.5) is 0 Å². The second-order valence-electron chi connectivity index (χ2n) is 8.57. The lowest BCUT2D eigenvalue weighted by molar-refractivity contribution is -0.140. The first kappa shape index (κ1) is 22.9. The zero-order chi connectivity index (χ0) is 23.7. The Balaban J connectivity index is 1.79. The number of likely N-dealkylation sites (N-methyl/N-ethyl adjacent to an activating group) is 1. The van der Waals surface area contributed by atoms with E-state index in [4.69, 9.17) is 4.74 Å². The van der Waals surface area contributed by atoms with Gasteiger partial charge in [-0.3, -0.25) is 9.59 Å². The van der Waals surface area contributed by atoms with Crippen LogP contribution < -0.4 is 4.74 Å². The number of fused-ring (bicyclic) bond motifs is 1. The van der Waals surface area contributed by atoms with Gasteiger partial charge in [0, 0.05) is 25.1 Å². The predicted molar refractivity (Wildman–Crippen MR) is 125 cm³/mol. The third kappa shape index (κ3) is 4.33. The molecule has 1 fully saturated rings. The van der Waals surface area contributed by atoms with Crippen LogP contribution >= 0.6 is 0 Å². The van der Waals surface area contributed by atoms with Crippen LogP contribution in [0, 0.1) is 0 Å². The first-order valence-corrected chi connectivity index (χ1v) is 11.4. The average molecular weight is 451 g/mol. The van der Waals surface area contributed by atoms with Crippen LogP contribution in [0.1, 0.15) is 43.5 Å². The Bertz CT molecular complexity index is 1110. The van der Waals surface area contributed by atoms with Gasteiger partial charge in [0.25, 0.3) is 11.7 Å². The van der Waals surface area contributed by atoms with E-state index in [0.717, 1.165) is 24.4 Å². The monoisotopic (exact) mass is 450 g/mol. The normalized spacial score (nSPS) is 21.5. The Morgan fingerprint density at radius 2 is 1.91 bits per heavy atom. The van der Waals surface area contributed by atoms with E-state index >= 15 is 0 Å². The first-order valence-electron chi connectivity index (χ1n) is 11.4. The minimum Gasteiger partial charge on any atom is -0.508 e. The fourth-order valence-electron chi connectivity index (χ4n) is 4.67. The summed E-state index contributed by atoms with van der Waals surface area (Å²) in [5, 5.41) is 21.3. The maximum Gasteiger partial charge on any atom is 0.295 e. The third-order valence-corrected chi connectivity index (χ3v) is 6.45. The minimum atomic E-state index is -0.781. The largest absolute Gasteiger partial charge is 0.508 e. The molecule has 0 saturated carbocycles. The fraction of sp³-hybridized carbons (Fsp3) is 0.385. The molecule has 0 spiro atoms. The van der Waals surface area contributed by atoms with E-state index in [2.05, 4.69) is 4.90 Å². The first-order chi connectivity index (χ1) is 15.8. The molecule has 7 heteroatoms. The van der Waals surface area contributed by atoms with Crippen molar-refractivity contribution in [2.24, 2.45) is 0 Å². The number of hydrogen-bond acceptors (Lipinski definition) is 6. The van der Waals surface area contributed by atoms with Gasteiger partial charge < -0.3 is 24.7 Å². The second kappa shape index (κ2) is 9.27. The highest BCUT2D eigenvalue weighted by Gasteiger charge is 2.46. The maximum absolute atomic E-state index is 13.2. The Morgan fingerprint density at radius 3 is 2.61 bits per heavy atom. The number of ether oxygens (including phenoxy) is 1. The Labute approximate surface area is 193 Å². The van der Waals surface area contributed by atoms with Crippen molar-refractivity contribution < 1.29 is 24.5 Å². The van der Waals surface area contributed by atoms with E-state index in [1.54, 1.807) is 24.3 Å². The predicted octanol–water partition coefficient (Wildman–Crippen LogP) is 3.48. The Kier molecular flexibility index (Phi) is 6.42. The summed E-state index contributed by atoms with van der Waals surface area (Å²) in [6.45, 7) is 8.65. The number of ketones is 1. The number of carbonyl (C=O) groups is 2. The molecule has 2 atom stereocenters. The molecule has 1 amide bonds. The quantitative estimate of drug-likeness (QED) is 0.381. The summed E-state index contributed by atoms with van der Waals surface area (Å²) in [5.41, 5.74) is 2.04. The summed E-state index contributed by atoms with van der Waals surface area (Å²) in [5.74, 6) is -0.774. The van der Waals surface area contributed by atoms with Gasteiger partial charge in [-0.2, -0.15) is 0 Å². The number of carbonyl (C=O) groups excluding carboxylic acids is 2. The van der Waals surface area contributed by atoms with Crippen LogP contribution in [0.2, 0.25) is 0 Å². The van der Waals surface area contributed by atoms with Gasteiger partial charge in [-0.15, -0.1) is 0 Å². The van der Waals surface area contributed by atoms with Crippen molar-refractivity contribution >= 4 is 17.4 Å². The van der Waals surface area contributed by atoms with Crippen LogP contribution in [0.15, 0.2) is 48.0 Å². The molecule has 33 heavy (non-hydrogen) atoms. The molecule has 2 unspecified atom stereocenters. The van der Waals surface area contributed by atoms with E-state index in [1.165, 1.54) is 17.0 Å². The lowest BCUT2D eigenvalue weighted by atomic mass is 9.94. The van der Waals surface area contributed by atoms with Crippen LogP contribution in [-0.2, 0) is 16.0 Å². The molecule has 0 aliphatic carbocycles. The number of phenols is 1. The van der Waals surface area contributed by atoms with Gasteiger partial charge in [0.2, 0.25) is 0 Å². The molecule has 4 rings (SSSR count). The van der Waals surface area contributed by atoms with Gasteiger partial charge in [-0.25, -0.2) is 0 Å². The van der Waals surface area contributed by atoms with E-state index in [9.17, 15) is 19.8 Å². The molecule has 0 bridgehead atoms. The van der Waals surface area contributed by atoms with Gasteiger partial charge in [0.1, 0.15) is 23.4 Å². The topological polar surface area (TPSA) is 90.3 Å². The summed E-state index contributed by atoms with van der Waals surface area (Å²) >= 11 is 0. The van der Waals surface area contributed by atoms with Crippen molar-refractivity contribution in [2.45, 2.75) is 39.3 Å². The number of aromatic hydroxyl groups is 1. The minimum absolute atomic E-state index is 0.0329. The van der Waals surface area contributed by atoms with E-state index in [0.29, 0.717) is 30.6 Å². The zero-order valence-corrected chi connectivity index (χ0v) is 19.2. The molecule has 2 heterocycles. The second-order valence-corrected chi connectivity index (χ2v) is 8.57. The zero-order valence-electron chi connectivity index (χ0n) is 19.2. The summed E-state index contributed by atoms with van der Waals surface area (Å²) in [6.07, 6.45) is 0.764. The summed E-state index contributed by atoms with van der Waals surface area (Å²) in [4.78, 5) is 29.9. The number of amides is 1. The Hall–Kier alpha value is -3.32. The SMILES string of the molecule is CCN(CC)CCN1C(=O)C(=O)/C(=C(\O)c2ccc3c(c2)CC(C)O3)C1c1cccc(O)c1. The van der Waals surface area contributed by atoms with Crippen LogP contribution in [-0.4, -0.2) is 64.0 Å². The number of Topliss-reactive ketones (excluding diaryl/α,β-unsaturated/α-hetero) is 1. The van der Waals surface area contributed by atoms with Crippen molar-refractivity contribution in [3.8, 4) is 11.5 Å². The van der Waals surface area contributed by atoms with E-state index < -0.39 is 17.7 Å². The highest BCUT2D eigenvalue weighted by Crippen LogP contribution is 2.41. The van der Waals surface area contributed by atoms with E-state index in [1.807, 2.05) is 26.8 Å². The molecule has 2 N–H and O–H groups in total. The number of benzene rings is 2. The molecule has 0 radical (unpaired) electrons. The van der Waals surface area contributed by atoms with Gasteiger partial charge in [-0.1, -0.05) is 26.0 Å². The van der Waals surface area contributed by atoms with Crippen molar-refractivity contribution in [1.29, 1.82) is 0 Å². The number of nitrogens with zero attached hydrogens (tertiary/aromatic N) is 2. The van der Waals surface area contributed by atoms with Crippen molar-refractivity contribution in [2.75, 3.05) is 26.2 Å². The third-order valence-electron chi connectivity index (χ3n) is 6.45. The number of aliphatic hydroxyl groups excluding tert-OH is 1. The smallest absolute Gasteiger partial charge is 0.295 e. The van der Waals surface area contributed by atoms with Crippen molar-refractivity contribution in [1.82, 2.24) is 9.80 Å². The molecular formula is C26H30N2O5. The van der Waals surface area contributed by atoms with Crippen LogP contribution in [0.3, 0.4) is 0 Å². The number of likely N-dealkylation sites (tertiary alicyclic amines) is 1. The van der Waals surface area contributed by atoms with Crippen LogP contribution in [0.5, 0.6) is 11.5 Å². The van der Waals surface area contributed by atoms with Gasteiger partial charge in [-0.05, 0) is 61.5 Å². The molecule has 2 aromatic carbocycles. The molecule has 1 saturated heterocycles. The summed E-state index contributed by atoms with van der Waals surface area (Å²) < 4.78 is 5.74. The van der Waals surface area contributed by atoms with Crippen molar-refractivity contribution in [3.63, 3.8) is 0 Å². The highest BCUT2D eigenvalue weighted by atomic mass is 16.5. The molecule has 174 valence electrons. The van der Waals surface area contributed by atoms with Crippen molar-refractivity contribution in [3.05, 3.63) is 64.7 Å². The average Bonchev–Trinajstić information content (AvgIpc) is 3.30. The maximum atomic E-state index is 13.2. The molecular weight excluding hydrogens is 420 g/mol. The summed E-state index contributed by atoms with van der Waals surface area (Å²) in [6, 6.07) is 11.0.